The lowest BCUT2D eigenvalue weighted by Crippen LogP contribution is -2.49. The van der Waals surface area contributed by atoms with Crippen molar-refractivity contribution in [2.75, 3.05) is 44.3 Å². The van der Waals surface area contributed by atoms with Crippen LogP contribution in [0.3, 0.4) is 0 Å². The van der Waals surface area contributed by atoms with E-state index < -0.39 is 0 Å². The van der Waals surface area contributed by atoms with Gasteiger partial charge in [0.2, 0.25) is 5.91 Å². The van der Waals surface area contributed by atoms with Gasteiger partial charge in [-0.3, -0.25) is 9.59 Å². The number of benzene rings is 1. The molecular weight excluding hydrogens is 436 g/mol. The first-order valence-electron chi connectivity index (χ1n) is 11.6. The van der Waals surface area contributed by atoms with E-state index in [4.69, 9.17) is 9.47 Å². The lowest BCUT2D eigenvalue weighted by Gasteiger charge is -2.37. The van der Waals surface area contributed by atoms with Gasteiger partial charge < -0.3 is 19.3 Å². The van der Waals surface area contributed by atoms with Gasteiger partial charge in [0.05, 0.1) is 19.6 Å². The molecule has 4 rings (SSSR count). The first kappa shape index (κ1) is 23.5. The largest absolute Gasteiger partial charge is 0.494 e. The second-order valence-electron chi connectivity index (χ2n) is 8.09. The molecule has 3 heterocycles. The summed E-state index contributed by atoms with van der Waals surface area (Å²) in [4.78, 5) is 37.7. The summed E-state index contributed by atoms with van der Waals surface area (Å²) in [6.45, 7) is 6.92. The number of hydrogen-bond acceptors (Lipinski definition) is 8. The molecule has 1 saturated heterocycles. The van der Waals surface area contributed by atoms with Crippen LogP contribution in [0, 0.1) is 6.92 Å². The van der Waals surface area contributed by atoms with Crippen LogP contribution in [0.4, 0.5) is 5.82 Å². The maximum absolute atomic E-state index is 12.7. The van der Waals surface area contributed by atoms with Crippen LogP contribution in [0.25, 0.3) is 5.78 Å². The predicted molar refractivity (Wildman–Crippen MR) is 126 cm³/mol. The highest BCUT2D eigenvalue weighted by Gasteiger charge is 2.27. The van der Waals surface area contributed by atoms with E-state index in [0.717, 1.165) is 22.8 Å². The minimum absolute atomic E-state index is 0.109. The molecule has 0 atom stereocenters. The molecule has 1 aliphatic rings. The summed E-state index contributed by atoms with van der Waals surface area (Å²) in [5.41, 5.74) is 1.50. The van der Waals surface area contributed by atoms with Crippen LogP contribution in [0.2, 0.25) is 0 Å². The highest BCUT2D eigenvalue weighted by molar-refractivity contribution is 5.77. The Morgan fingerprint density at radius 1 is 1.09 bits per heavy atom. The number of para-hydroxylation sites is 1. The molecule has 10 heteroatoms. The molecule has 10 nitrogen and oxygen atoms in total. The van der Waals surface area contributed by atoms with Gasteiger partial charge in [-0.25, -0.2) is 4.98 Å². The Kier molecular flexibility index (Phi) is 7.56. The Bertz CT molecular complexity index is 1130. The Morgan fingerprint density at radius 3 is 2.59 bits per heavy atom. The zero-order valence-electron chi connectivity index (χ0n) is 19.6. The van der Waals surface area contributed by atoms with Gasteiger partial charge in [-0.15, -0.1) is 0 Å². The number of carbonyl (C=O) groups excluding carboxylic acids is 2. The Balaban J connectivity index is 1.37. The molecule has 0 radical (unpaired) electrons. The summed E-state index contributed by atoms with van der Waals surface area (Å²) in [7, 11) is 0. The van der Waals surface area contributed by atoms with Crippen molar-refractivity contribution in [2.45, 2.75) is 33.1 Å². The normalized spacial score (nSPS) is 13.8. The van der Waals surface area contributed by atoms with Crippen molar-refractivity contribution >= 4 is 23.5 Å². The molecule has 2 aromatic heterocycles. The highest BCUT2D eigenvalue weighted by Crippen LogP contribution is 2.25. The van der Waals surface area contributed by atoms with Crippen LogP contribution in [-0.4, -0.2) is 75.8 Å². The number of rotatable bonds is 9. The molecule has 0 unspecified atom stereocenters. The third-order valence-corrected chi connectivity index (χ3v) is 5.81. The fourth-order valence-electron chi connectivity index (χ4n) is 4.11. The third kappa shape index (κ3) is 5.44. The number of amides is 1. The van der Waals surface area contributed by atoms with E-state index in [-0.39, 0.29) is 18.3 Å². The molecule has 0 bridgehead atoms. The minimum Gasteiger partial charge on any atom is -0.494 e. The standard InChI is InChI=1S/C24H30N6O4/c1-3-33-22(32)16-20-18(2)27-24-25-17-26-30(24)23(20)29-13-11-28(12-14-29)21(31)10-7-15-34-19-8-5-4-6-9-19/h4-6,8-9,17H,3,7,10-16H2,1-2H3. The molecule has 0 aliphatic carbocycles. The minimum atomic E-state index is -0.306. The van der Waals surface area contributed by atoms with E-state index in [1.54, 1.807) is 11.4 Å². The molecular formula is C24H30N6O4. The molecule has 3 aromatic rings. The SMILES string of the molecule is CCOC(=O)Cc1c(C)nc2ncnn2c1N1CCN(C(=O)CCCOc2ccccc2)CC1. The van der Waals surface area contributed by atoms with Gasteiger partial charge in [0, 0.05) is 43.9 Å². The topological polar surface area (TPSA) is 102 Å². The van der Waals surface area contributed by atoms with Crippen LogP contribution in [0.1, 0.15) is 31.0 Å². The van der Waals surface area contributed by atoms with Gasteiger partial charge in [-0.2, -0.15) is 14.6 Å². The zero-order chi connectivity index (χ0) is 23.9. The maximum Gasteiger partial charge on any atom is 0.310 e. The van der Waals surface area contributed by atoms with Crippen molar-refractivity contribution in [2.24, 2.45) is 0 Å². The van der Waals surface area contributed by atoms with Crippen molar-refractivity contribution in [3.63, 3.8) is 0 Å². The van der Waals surface area contributed by atoms with Crippen LogP contribution in [0.5, 0.6) is 5.75 Å². The summed E-state index contributed by atoms with van der Waals surface area (Å²) in [5.74, 6) is 1.90. The van der Waals surface area contributed by atoms with E-state index in [1.807, 2.05) is 42.2 Å². The number of aromatic nitrogens is 4. The first-order valence-corrected chi connectivity index (χ1v) is 11.6. The van der Waals surface area contributed by atoms with Crippen molar-refractivity contribution < 1.29 is 19.1 Å². The average Bonchev–Trinajstić information content (AvgIpc) is 3.31. The number of carbonyl (C=O) groups is 2. The zero-order valence-corrected chi connectivity index (χ0v) is 19.6. The lowest BCUT2D eigenvalue weighted by atomic mass is 10.1. The number of hydrogen-bond donors (Lipinski definition) is 0. The summed E-state index contributed by atoms with van der Waals surface area (Å²) < 4.78 is 12.5. The molecule has 1 fully saturated rings. The molecule has 1 aromatic carbocycles. The van der Waals surface area contributed by atoms with E-state index in [1.165, 1.54) is 6.33 Å². The predicted octanol–water partition coefficient (Wildman–Crippen LogP) is 2.05. The van der Waals surface area contributed by atoms with Crippen molar-refractivity contribution in [1.82, 2.24) is 24.5 Å². The van der Waals surface area contributed by atoms with Gasteiger partial charge in [-0.1, -0.05) is 18.2 Å². The Labute approximate surface area is 198 Å². The van der Waals surface area contributed by atoms with E-state index in [2.05, 4.69) is 20.0 Å². The molecule has 0 N–H and O–H groups in total. The molecule has 1 amide bonds. The highest BCUT2D eigenvalue weighted by atomic mass is 16.5. The van der Waals surface area contributed by atoms with E-state index in [0.29, 0.717) is 58.0 Å². The van der Waals surface area contributed by atoms with E-state index in [9.17, 15) is 9.59 Å². The smallest absolute Gasteiger partial charge is 0.310 e. The van der Waals surface area contributed by atoms with Gasteiger partial charge >= 0.3 is 5.97 Å². The van der Waals surface area contributed by atoms with Gasteiger partial charge in [0.15, 0.2) is 0 Å². The van der Waals surface area contributed by atoms with Gasteiger partial charge in [0.1, 0.15) is 17.9 Å². The summed E-state index contributed by atoms with van der Waals surface area (Å²) in [6.07, 6.45) is 2.68. The van der Waals surface area contributed by atoms with Crippen molar-refractivity contribution in [1.29, 1.82) is 0 Å². The van der Waals surface area contributed by atoms with Crippen LogP contribution in [0.15, 0.2) is 36.7 Å². The van der Waals surface area contributed by atoms with Crippen LogP contribution >= 0.6 is 0 Å². The number of esters is 1. The molecule has 180 valence electrons. The second kappa shape index (κ2) is 11.0. The fraction of sp³-hybridized carbons (Fsp3) is 0.458. The Hall–Kier alpha value is -3.69. The quantitative estimate of drug-likeness (QED) is 0.349. The van der Waals surface area contributed by atoms with Crippen molar-refractivity contribution in [3.05, 3.63) is 47.9 Å². The summed E-state index contributed by atoms with van der Waals surface area (Å²) in [5, 5.41) is 4.33. The molecule has 0 saturated carbocycles. The third-order valence-electron chi connectivity index (χ3n) is 5.81. The van der Waals surface area contributed by atoms with Crippen molar-refractivity contribution in [3.8, 4) is 5.75 Å². The van der Waals surface area contributed by atoms with Crippen LogP contribution in [-0.2, 0) is 20.7 Å². The average molecular weight is 467 g/mol. The number of piperazine rings is 1. The lowest BCUT2D eigenvalue weighted by molar-refractivity contribution is -0.142. The summed E-state index contributed by atoms with van der Waals surface area (Å²) in [6, 6.07) is 9.61. The maximum atomic E-state index is 12.7. The first-order chi connectivity index (χ1) is 16.6. The number of aryl methyl sites for hydroxylation is 1. The number of ether oxygens (including phenoxy) is 2. The second-order valence-corrected chi connectivity index (χ2v) is 8.09. The van der Waals surface area contributed by atoms with Crippen LogP contribution < -0.4 is 9.64 Å². The molecule has 0 spiro atoms. The fourth-order valence-corrected chi connectivity index (χ4v) is 4.11. The number of nitrogens with zero attached hydrogens (tertiary/aromatic N) is 6. The number of fused-ring (bicyclic) bond motifs is 1. The summed E-state index contributed by atoms with van der Waals surface area (Å²) >= 11 is 0. The molecule has 1 aliphatic heterocycles. The Morgan fingerprint density at radius 2 is 1.85 bits per heavy atom. The van der Waals surface area contributed by atoms with E-state index >= 15 is 0 Å². The number of anilines is 1. The molecule has 34 heavy (non-hydrogen) atoms. The monoisotopic (exact) mass is 466 g/mol. The van der Waals surface area contributed by atoms with Gasteiger partial charge in [-0.05, 0) is 32.4 Å². The van der Waals surface area contributed by atoms with Gasteiger partial charge in [0.25, 0.3) is 5.78 Å².